The van der Waals surface area contributed by atoms with E-state index in [1.54, 1.807) is 6.20 Å². The first-order chi connectivity index (χ1) is 17.4. The lowest BCUT2D eigenvalue weighted by Gasteiger charge is -2.14. The van der Waals surface area contributed by atoms with E-state index < -0.39 is 0 Å². The summed E-state index contributed by atoms with van der Waals surface area (Å²) in [5.41, 5.74) is 7.37. The van der Waals surface area contributed by atoms with Crippen molar-refractivity contribution in [1.82, 2.24) is 20.3 Å². The first-order valence-corrected chi connectivity index (χ1v) is 12.2. The van der Waals surface area contributed by atoms with Gasteiger partial charge in [-0.15, -0.1) is 0 Å². The molecule has 0 bridgehead atoms. The monoisotopic (exact) mass is 477 g/mol. The molecule has 0 unspecified atom stereocenters. The van der Waals surface area contributed by atoms with Gasteiger partial charge >= 0.3 is 0 Å². The highest BCUT2D eigenvalue weighted by molar-refractivity contribution is 6.08. The smallest absolute Gasteiger partial charge is 0.253 e. The zero-order valence-electron chi connectivity index (χ0n) is 20.2. The molecular weight excluding hydrogens is 450 g/mol. The van der Waals surface area contributed by atoms with Crippen molar-refractivity contribution in [1.29, 1.82) is 0 Å². The lowest BCUT2D eigenvalue weighted by atomic mass is 10.0. The number of nitrogens with zero attached hydrogens (tertiary/aromatic N) is 1. The third kappa shape index (κ3) is 4.24. The first kappa shape index (κ1) is 22.1. The number of imidazole rings is 1. The molecule has 1 aliphatic carbocycles. The van der Waals surface area contributed by atoms with Crippen LogP contribution in [0.15, 0.2) is 66.9 Å². The Hall–Kier alpha value is -4.39. The van der Waals surface area contributed by atoms with Crippen LogP contribution < -0.4 is 10.6 Å². The minimum absolute atomic E-state index is 0.0229. The fourth-order valence-corrected chi connectivity index (χ4v) is 4.60. The molecule has 5 aromatic rings. The van der Waals surface area contributed by atoms with Crippen molar-refractivity contribution in [2.75, 3.05) is 5.32 Å². The second-order valence-corrected chi connectivity index (χ2v) is 9.65. The molecule has 3 aromatic carbocycles. The van der Waals surface area contributed by atoms with Crippen LogP contribution in [-0.4, -0.2) is 26.8 Å². The number of fused-ring (bicyclic) bond motifs is 2. The molecule has 0 aliphatic heterocycles. The van der Waals surface area contributed by atoms with E-state index in [0.717, 1.165) is 57.0 Å². The maximum absolute atomic E-state index is 13.2. The number of aromatic nitrogens is 3. The molecule has 2 amide bonds. The number of carbonyl (C=O) groups excluding carboxylic acids is 2. The quantitative estimate of drug-likeness (QED) is 0.246. The highest BCUT2D eigenvalue weighted by Crippen LogP contribution is 2.31. The molecular formula is C29H27N5O2. The van der Waals surface area contributed by atoms with E-state index in [1.807, 2.05) is 68.4 Å². The van der Waals surface area contributed by atoms with Crippen molar-refractivity contribution < 1.29 is 9.59 Å². The topological polar surface area (TPSA) is 103 Å². The molecule has 2 heterocycles. The summed E-state index contributed by atoms with van der Waals surface area (Å²) in [7, 11) is 0. The number of rotatable bonds is 6. The van der Waals surface area contributed by atoms with E-state index in [0.29, 0.717) is 11.5 Å². The number of nitrogens with one attached hydrogen (secondary N) is 4. The minimum Gasteiger partial charge on any atom is -0.360 e. The number of aromatic amines is 2. The van der Waals surface area contributed by atoms with Gasteiger partial charge in [0.15, 0.2) is 0 Å². The van der Waals surface area contributed by atoms with E-state index in [-0.39, 0.29) is 23.8 Å². The van der Waals surface area contributed by atoms with Gasteiger partial charge in [0.2, 0.25) is 11.9 Å². The largest absolute Gasteiger partial charge is 0.360 e. The van der Waals surface area contributed by atoms with Crippen molar-refractivity contribution >= 4 is 39.7 Å². The Labute approximate surface area is 208 Å². The van der Waals surface area contributed by atoms with Crippen LogP contribution in [0, 0.1) is 12.8 Å². The SMILES string of the molecule is Cc1cccc([C@H](C)NC(=O)c2c[nH]c3ccc(-c4ccc5nc(NC(=O)C6CC6)[nH]c5c4)cc23)c1. The first-order valence-electron chi connectivity index (χ1n) is 12.2. The van der Waals surface area contributed by atoms with Crippen molar-refractivity contribution in [3.8, 4) is 11.1 Å². The lowest BCUT2D eigenvalue weighted by Crippen LogP contribution is -2.26. The summed E-state index contributed by atoms with van der Waals surface area (Å²) >= 11 is 0. The Morgan fingerprint density at radius 2 is 1.81 bits per heavy atom. The maximum Gasteiger partial charge on any atom is 0.253 e. The van der Waals surface area contributed by atoms with Gasteiger partial charge in [-0.25, -0.2) is 4.98 Å². The number of benzene rings is 3. The summed E-state index contributed by atoms with van der Waals surface area (Å²) in [4.78, 5) is 36.2. The summed E-state index contributed by atoms with van der Waals surface area (Å²) in [6.07, 6.45) is 3.66. The van der Waals surface area contributed by atoms with Gasteiger partial charge in [0.05, 0.1) is 22.6 Å². The van der Waals surface area contributed by atoms with Crippen LogP contribution in [0.3, 0.4) is 0 Å². The molecule has 7 nitrogen and oxygen atoms in total. The molecule has 180 valence electrons. The highest BCUT2D eigenvalue weighted by atomic mass is 16.2. The Kier molecular flexibility index (Phi) is 5.33. The van der Waals surface area contributed by atoms with Gasteiger partial charge in [0.25, 0.3) is 5.91 Å². The predicted molar refractivity (Wildman–Crippen MR) is 142 cm³/mol. The molecule has 0 radical (unpaired) electrons. The van der Waals surface area contributed by atoms with Crippen molar-refractivity contribution in [2.45, 2.75) is 32.7 Å². The third-order valence-corrected chi connectivity index (χ3v) is 6.82. The normalized spacial score (nSPS) is 14.2. The van der Waals surface area contributed by atoms with Crippen LogP contribution >= 0.6 is 0 Å². The predicted octanol–water partition coefficient (Wildman–Crippen LogP) is 5.86. The van der Waals surface area contributed by atoms with E-state index >= 15 is 0 Å². The Morgan fingerprint density at radius 3 is 2.61 bits per heavy atom. The molecule has 1 aliphatic rings. The van der Waals surface area contributed by atoms with Gasteiger partial charge in [-0.2, -0.15) is 0 Å². The van der Waals surface area contributed by atoms with Crippen LogP contribution in [0.1, 0.15) is 47.3 Å². The zero-order chi connectivity index (χ0) is 24.8. The Bertz CT molecular complexity index is 1630. The molecule has 0 saturated heterocycles. The summed E-state index contributed by atoms with van der Waals surface area (Å²) in [5.74, 6) is 0.497. The Balaban J connectivity index is 1.27. The van der Waals surface area contributed by atoms with Gasteiger partial charge in [0, 0.05) is 23.0 Å². The molecule has 6 rings (SSSR count). The summed E-state index contributed by atoms with van der Waals surface area (Å²) in [6.45, 7) is 4.04. The van der Waals surface area contributed by atoms with Gasteiger partial charge in [-0.05, 0) is 67.6 Å². The minimum atomic E-state index is -0.118. The number of anilines is 1. The van der Waals surface area contributed by atoms with Crippen LogP contribution in [-0.2, 0) is 4.79 Å². The molecule has 7 heteroatoms. The standard InChI is InChI=1S/C29H27N5O2/c1-16-4-3-5-19(12-16)17(2)31-28(36)23-15-30-24-10-8-20(13-22(23)24)21-9-11-25-26(14-21)33-29(32-25)34-27(35)18-6-7-18/h3-5,8-15,17-18,30H,6-7H2,1-2H3,(H,31,36)(H2,32,33,34,35)/t17-/m0/s1. The number of hydrogen-bond acceptors (Lipinski definition) is 3. The van der Waals surface area contributed by atoms with Crippen LogP contribution in [0.4, 0.5) is 5.95 Å². The van der Waals surface area contributed by atoms with E-state index in [9.17, 15) is 9.59 Å². The van der Waals surface area contributed by atoms with Crippen molar-refractivity contribution in [3.05, 3.63) is 83.6 Å². The average Bonchev–Trinajstić information content (AvgIpc) is 3.52. The lowest BCUT2D eigenvalue weighted by molar-refractivity contribution is -0.117. The second-order valence-electron chi connectivity index (χ2n) is 9.65. The number of hydrogen-bond donors (Lipinski definition) is 4. The van der Waals surface area contributed by atoms with Gasteiger partial charge in [-0.1, -0.05) is 42.0 Å². The number of carbonyl (C=O) groups is 2. The second kappa shape index (κ2) is 8.68. The average molecular weight is 478 g/mol. The molecule has 1 fully saturated rings. The van der Waals surface area contributed by atoms with Crippen LogP contribution in [0.5, 0.6) is 0 Å². The Morgan fingerprint density at radius 1 is 1.00 bits per heavy atom. The molecule has 1 atom stereocenters. The highest BCUT2D eigenvalue weighted by Gasteiger charge is 2.30. The number of amides is 2. The van der Waals surface area contributed by atoms with E-state index in [1.165, 1.54) is 0 Å². The number of aryl methyl sites for hydroxylation is 1. The number of H-pyrrole nitrogens is 2. The molecule has 2 aromatic heterocycles. The van der Waals surface area contributed by atoms with Gasteiger partial charge < -0.3 is 15.3 Å². The molecule has 1 saturated carbocycles. The fraction of sp³-hybridized carbons (Fsp3) is 0.207. The van der Waals surface area contributed by atoms with Crippen molar-refractivity contribution in [2.24, 2.45) is 5.92 Å². The van der Waals surface area contributed by atoms with E-state index in [4.69, 9.17) is 0 Å². The molecule has 36 heavy (non-hydrogen) atoms. The third-order valence-electron chi connectivity index (χ3n) is 6.82. The van der Waals surface area contributed by atoms with Crippen LogP contribution in [0.25, 0.3) is 33.1 Å². The maximum atomic E-state index is 13.2. The molecule has 0 spiro atoms. The zero-order valence-corrected chi connectivity index (χ0v) is 20.2. The summed E-state index contributed by atoms with van der Waals surface area (Å²) in [6, 6.07) is 20.1. The summed E-state index contributed by atoms with van der Waals surface area (Å²) < 4.78 is 0. The van der Waals surface area contributed by atoms with Crippen LogP contribution in [0.2, 0.25) is 0 Å². The fourth-order valence-electron chi connectivity index (χ4n) is 4.60. The summed E-state index contributed by atoms with van der Waals surface area (Å²) in [5, 5.41) is 6.86. The van der Waals surface area contributed by atoms with Gasteiger partial charge in [-0.3, -0.25) is 14.9 Å². The molecule has 4 N–H and O–H groups in total. The van der Waals surface area contributed by atoms with Gasteiger partial charge in [0.1, 0.15) is 0 Å². The van der Waals surface area contributed by atoms with E-state index in [2.05, 4.69) is 31.7 Å². The van der Waals surface area contributed by atoms with Crippen molar-refractivity contribution in [3.63, 3.8) is 0 Å².